The van der Waals surface area contributed by atoms with Crippen LogP contribution in [0.3, 0.4) is 0 Å². The molecule has 2 N–H and O–H groups in total. The molecule has 0 spiro atoms. The van der Waals surface area contributed by atoms with E-state index in [9.17, 15) is 9.59 Å². The normalized spacial score (nSPS) is 18.9. The number of nitrogens with zero attached hydrogens (tertiary/aromatic N) is 1. The molecule has 0 bridgehead atoms. The lowest BCUT2D eigenvalue weighted by Gasteiger charge is -2.35. The van der Waals surface area contributed by atoms with Crippen molar-refractivity contribution in [3.05, 3.63) is 35.4 Å². The third-order valence-corrected chi connectivity index (χ3v) is 3.99. The number of benzene rings is 1. The van der Waals surface area contributed by atoms with Crippen LogP contribution in [0.5, 0.6) is 0 Å². The average Bonchev–Trinajstić information content (AvgIpc) is 2.41. The minimum absolute atomic E-state index is 0.0160. The molecule has 1 saturated heterocycles. The molecule has 0 radical (unpaired) electrons. The van der Waals surface area contributed by atoms with E-state index in [0.717, 1.165) is 36.9 Å². The number of amides is 2. The number of likely N-dealkylation sites (tertiary alicyclic amines) is 1. The number of rotatable bonds is 4. The Hall–Kier alpha value is -1.84. The molecule has 1 heterocycles. The zero-order chi connectivity index (χ0) is 14.5. The third kappa shape index (κ3) is 3.59. The third-order valence-electron chi connectivity index (χ3n) is 3.99. The van der Waals surface area contributed by atoms with Crippen molar-refractivity contribution in [3.8, 4) is 0 Å². The van der Waals surface area contributed by atoms with Crippen LogP contribution in [0.1, 0.15) is 36.8 Å². The monoisotopic (exact) mass is 274 g/mol. The maximum absolute atomic E-state index is 12.5. The van der Waals surface area contributed by atoms with Crippen molar-refractivity contribution >= 4 is 11.8 Å². The van der Waals surface area contributed by atoms with Crippen molar-refractivity contribution in [1.82, 2.24) is 4.90 Å². The largest absolute Gasteiger partial charge is 0.370 e. The minimum atomic E-state index is -0.328. The number of primary amides is 1. The first-order chi connectivity index (χ1) is 9.58. The summed E-state index contributed by atoms with van der Waals surface area (Å²) in [5.41, 5.74) is 7.47. The summed E-state index contributed by atoms with van der Waals surface area (Å²) in [4.78, 5) is 25.5. The number of piperidine rings is 1. The smallest absolute Gasteiger partial charge is 0.227 e. The fraction of sp³-hybridized carbons (Fsp3) is 0.500. The van der Waals surface area contributed by atoms with Crippen molar-refractivity contribution in [2.45, 2.75) is 45.1 Å². The predicted molar refractivity (Wildman–Crippen MR) is 78.0 cm³/mol. The van der Waals surface area contributed by atoms with Gasteiger partial charge in [0.2, 0.25) is 11.8 Å². The molecule has 2 rings (SSSR count). The standard InChI is InChI=1S/C16H22N2O2/c1-12-6-2-3-7-13(12)10-16(20)18-9-5-4-8-14(18)11-15(17)19/h2-3,6-7,14H,4-5,8-11H2,1H3,(H2,17,19). The molecule has 4 heteroatoms. The molecule has 1 fully saturated rings. The van der Waals surface area contributed by atoms with Gasteiger partial charge in [-0.05, 0) is 37.3 Å². The summed E-state index contributed by atoms with van der Waals surface area (Å²) >= 11 is 0. The van der Waals surface area contributed by atoms with E-state index in [1.54, 1.807) is 0 Å². The van der Waals surface area contributed by atoms with Gasteiger partial charge >= 0.3 is 0 Å². The minimum Gasteiger partial charge on any atom is -0.370 e. The van der Waals surface area contributed by atoms with Crippen molar-refractivity contribution in [2.75, 3.05) is 6.54 Å². The fourth-order valence-electron chi connectivity index (χ4n) is 2.85. The summed E-state index contributed by atoms with van der Waals surface area (Å²) in [5.74, 6) is -0.226. The summed E-state index contributed by atoms with van der Waals surface area (Å²) in [6.07, 6.45) is 3.63. The Morgan fingerprint density at radius 1 is 1.30 bits per heavy atom. The van der Waals surface area contributed by atoms with E-state index in [1.165, 1.54) is 0 Å². The Morgan fingerprint density at radius 2 is 2.05 bits per heavy atom. The van der Waals surface area contributed by atoms with Gasteiger partial charge in [-0.3, -0.25) is 9.59 Å². The highest BCUT2D eigenvalue weighted by Gasteiger charge is 2.27. The van der Waals surface area contributed by atoms with Gasteiger partial charge in [-0.1, -0.05) is 24.3 Å². The molecule has 2 amide bonds. The maximum atomic E-state index is 12.5. The van der Waals surface area contributed by atoms with E-state index in [0.29, 0.717) is 6.42 Å². The SMILES string of the molecule is Cc1ccccc1CC(=O)N1CCCCC1CC(N)=O. The Morgan fingerprint density at radius 3 is 2.75 bits per heavy atom. The molecule has 0 aromatic heterocycles. The van der Waals surface area contributed by atoms with Crippen LogP contribution in [0.25, 0.3) is 0 Å². The molecular formula is C16H22N2O2. The van der Waals surface area contributed by atoms with Gasteiger partial charge in [-0.25, -0.2) is 0 Å². The van der Waals surface area contributed by atoms with Gasteiger partial charge in [0.1, 0.15) is 0 Å². The summed E-state index contributed by atoms with van der Waals surface area (Å²) in [6, 6.07) is 7.91. The maximum Gasteiger partial charge on any atom is 0.227 e. The molecule has 1 aliphatic heterocycles. The zero-order valence-corrected chi connectivity index (χ0v) is 12.0. The van der Waals surface area contributed by atoms with E-state index in [-0.39, 0.29) is 24.3 Å². The Labute approximate surface area is 119 Å². The van der Waals surface area contributed by atoms with E-state index in [1.807, 2.05) is 36.1 Å². The van der Waals surface area contributed by atoms with Gasteiger partial charge in [-0.2, -0.15) is 0 Å². The molecule has 1 aliphatic rings. The molecule has 20 heavy (non-hydrogen) atoms. The van der Waals surface area contributed by atoms with Gasteiger partial charge in [0, 0.05) is 19.0 Å². The Kier molecular flexibility index (Phi) is 4.77. The highest BCUT2D eigenvalue weighted by atomic mass is 16.2. The quantitative estimate of drug-likeness (QED) is 0.910. The summed E-state index contributed by atoms with van der Waals surface area (Å²) in [7, 11) is 0. The first kappa shape index (κ1) is 14.6. The lowest BCUT2D eigenvalue weighted by molar-refractivity contribution is -0.135. The highest BCUT2D eigenvalue weighted by molar-refractivity contribution is 5.81. The van der Waals surface area contributed by atoms with Crippen LogP contribution in [-0.2, 0) is 16.0 Å². The molecule has 1 unspecified atom stereocenters. The van der Waals surface area contributed by atoms with Crippen molar-refractivity contribution in [1.29, 1.82) is 0 Å². The molecule has 108 valence electrons. The molecule has 0 saturated carbocycles. The number of nitrogens with two attached hydrogens (primary N) is 1. The predicted octanol–water partition coefficient (Wildman–Crippen LogP) is 1.79. The number of carbonyl (C=O) groups excluding carboxylic acids is 2. The van der Waals surface area contributed by atoms with Crippen LogP contribution in [-0.4, -0.2) is 29.3 Å². The topological polar surface area (TPSA) is 63.4 Å². The van der Waals surface area contributed by atoms with Crippen molar-refractivity contribution < 1.29 is 9.59 Å². The number of hydrogen-bond donors (Lipinski definition) is 1. The van der Waals surface area contributed by atoms with E-state index in [4.69, 9.17) is 5.73 Å². The zero-order valence-electron chi connectivity index (χ0n) is 12.0. The molecule has 0 aliphatic carbocycles. The number of carbonyl (C=O) groups is 2. The van der Waals surface area contributed by atoms with Crippen molar-refractivity contribution in [3.63, 3.8) is 0 Å². The first-order valence-corrected chi connectivity index (χ1v) is 7.20. The second-order valence-electron chi connectivity index (χ2n) is 5.51. The van der Waals surface area contributed by atoms with Crippen LogP contribution < -0.4 is 5.73 Å². The fourth-order valence-corrected chi connectivity index (χ4v) is 2.85. The highest BCUT2D eigenvalue weighted by Crippen LogP contribution is 2.21. The van der Waals surface area contributed by atoms with Gasteiger partial charge in [0.15, 0.2) is 0 Å². The second kappa shape index (κ2) is 6.55. The molecule has 1 aromatic carbocycles. The van der Waals surface area contributed by atoms with Gasteiger partial charge in [0.25, 0.3) is 0 Å². The second-order valence-corrected chi connectivity index (χ2v) is 5.51. The summed E-state index contributed by atoms with van der Waals surface area (Å²) in [5, 5.41) is 0. The Bertz CT molecular complexity index is 499. The van der Waals surface area contributed by atoms with Gasteiger partial charge < -0.3 is 10.6 Å². The van der Waals surface area contributed by atoms with Crippen LogP contribution in [0.2, 0.25) is 0 Å². The summed E-state index contributed by atoms with van der Waals surface area (Å²) in [6.45, 7) is 2.75. The molecule has 1 atom stereocenters. The van der Waals surface area contributed by atoms with Gasteiger partial charge in [0.05, 0.1) is 6.42 Å². The summed E-state index contributed by atoms with van der Waals surface area (Å²) < 4.78 is 0. The van der Waals surface area contributed by atoms with Crippen LogP contribution in [0, 0.1) is 6.92 Å². The molecule has 4 nitrogen and oxygen atoms in total. The van der Waals surface area contributed by atoms with E-state index in [2.05, 4.69) is 0 Å². The molecule has 1 aromatic rings. The van der Waals surface area contributed by atoms with E-state index < -0.39 is 0 Å². The van der Waals surface area contributed by atoms with Crippen LogP contribution in [0.15, 0.2) is 24.3 Å². The van der Waals surface area contributed by atoms with Crippen molar-refractivity contribution in [2.24, 2.45) is 5.73 Å². The Balaban J connectivity index is 2.06. The van der Waals surface area contributed by atoms with Crippen LogP contribution >= 0.6 is 0 Å². The van der Waals surface area contributed by atoms with Gasteiger partial charge in [-0.15, -0.1) is 0 Å². The lowest BCUT2D eigenvalue weighted by Crippen LogP contribution is -2.46. The number of hydrogen-bond acceptors (Lipinski definition) is 2. The number of aryl methyl sites for hydroxylation is 1. The lowest BCUT2D eigenvalue weighted by atomic mass is 9.97. The first-order valence-electron chi connectivity index (χ1n) is 7.20. The van der Waals surface area contributed by atoms with Crippen LogP contribution in [0.4, 0.5) is 0 Å². The molecular weight excluding hydrogens is 252 g/mol. The average molecular weight is 274 g/mol. The van der Waals surface area contributed by atoms with E-state index >= 15 is 0 Å².